The van der Waals surface area contributed by atoms with Crippen molar-refractivity contribution in [3.05, 3.63) is 41.6 Å². The zero-order chi connectivity index (χ0) is 18.7. The van der Waals surface area contributed by atoms with E-state index < -0.39 is 11.5 Å². The molecule has 1 aliphatic heterocycles. The number of nitrogens with zero attached hydrogens (tertiary/aromatic N) is 1. The molecule has 1 aromatic rings. The molecule has 0 bridgehead atoms. The minimum Gasteiger partial charge on any atom is -0.481 e. The van der Waals surface area contributed by atoms with E-state index in [4.69, 9.17) is 0 Å². The number of carboxylic acid groups (broad SMARTS) is 1. The number of fused-ring (bicyclic) bond motifs is 1. The van der Waals surface area contributed by atoms with E-state index in [1.54, 1.807) is 11.1 Å². The highest BCUT2D eigenvalue weighted by atomic mass is 16.4. The molecule has 1 aromatic carbocycles. The lowest BCUT2D eigenvalue weighted by molar-refractivity contribution is -0.139. The van der Waals surface area contributed by atoms with Gasteiger partial charge in [-0.25, -0.2) is 0 Å². The second kappa shape index (κ2) is 7.32. The third-order valence-corrected chi connectivity index (χ3v) is 5.30. The number of rotatable bonds is 5. The highest BCUT2D eigenvalue weighted by Crippen LogP contribution is 2.35. The maximum Gasteiger partial charge on any atom is 0.305 e. The van der Waals surface area contributed by atoms with Crippen molar-refractivity contribution in [2.45, 2.75) is 57.0 Å². The Morgan fingerprint density at radius 2 is 1.92 bits per heavy atom. The van der Waals surface area contributed by atoms with Gasteiger partial charge in [-0.15, -0.1) is 0 Å². The Kier molecular flexibility index (Phi) is 5.11. The molecule has 1 aliphatic carbocycles. The van der Waals surface area contributed by atoms with E-state index in [1.807, 2.05) is 30.3 Å². The van der Waals surface area contributed by atoms with Gasteiger partial charge in [0.25, 0.3) is 0 Å². The van der Waals surface area contributed by atoms with Crippen LogP contribution in [0.15, 0.2) is 30.5 Å². The third kappa shape index (κ3) is 3.79. The van der Waals surface area contributed by atoms with Crippen molar-refractivity contribution in [1.29, 1.82) is 0 Å². The Morgan fingerprint density at radius 3 is 2.58 bits per heavy atom. The molecule has 0 radical (unpaired) electrons. The molecular formula is C20H24N2O4. The number of nitrogens with one attached hydrogen (secondary N) is 1. The average Bonchev–Trinajstić information content (AvgIpc) is 3.01. The molecule has 0 aromatic heterocycles. The first-order chi connectivity index (χ1) is 12.4. The Labute approximate surface area is 152 Å². The number of benzene rings is 1. The van der Waals surface area contributed by atoms with E-state index in [2.05, 4.69) is 5.32 Å². The predicted molar refractivity (Wildman–Crippen MR) is 96.9 cm³/mol. The summed E-state index contributed by atoms with van der Waals surface area (Å²) >= 11 is 0. The zero-order valence-electron chi connectivity index (χ0n) is 14.9. The number of hydrogen-bond acceptors (Lipinski definition) is 3. The van der Waals surface area contributed by atoms with Crippen LogP contribution in [-0.4, -0.2) is 33.3 Å². The van der Waals surface area contributed by atoms with Gasteiger partial charge in [0.2, 0.25) is 11.8 Å². The molecule has 6 heteroatoms. The molecule has 1 heterocycles. The number of carboxylic acids is 1. The largest absolute Gasteiger partial charge is 0.481 e. The molecular weight excluding hydrogens is 332 g/mol. The van der Waals surface area contributed by atoms with Gasteiger partial charge >= 0.3 is 5.97 Å². The number of aliphatic carboxylic acids is 1. The second-order valence-electron chi connectivity index (χ2n) is 7.20. The van der Waals surface area contributed by atoms with E-state index >= 15 is 0 Å². The first-order valence-electron chi connectivity index (χ1n) is 8.99. The van der Waals surface area contributed by atoms with Crippen LogP contribution in [0.5, 0.6) is 0 Å². The molecule has 6 nitrogen and oxygen atoms in total. The molecule has 1 atom stereocenters. The van der Waals surface area contributed by atoms with Crippen LogP contribution in [0.3, 0.4) is 0 Å². The summed E-state index contributed by atoms with van der Waals surface area (Å²) in [7, 11) is 0. The Bertz CT molecular complexity index is 750. The fourth-order valence-electron chi connectivity index (χ4n) is 4.12. The summed E-state index contributed by atoms with van der Waals surface area (Å²) in [4.78, 5) is 37.6. The number of carbonyl (C=O) groups is 3. The fraction of sp³-hybridized carbons (Fsp3) is 0.450. The van der Waals surface area contributed by atoms with Crippen LogP contribution >= 0.6 is 0 Å². The smallest absolute Gasteiger partial charge is 0.305 e. The molecule has 1 saturated carbocycles. The summed E-state index contributed by atoms with van der Waals surface area (Å²) in [5, 5.41) is 12.2. The van der Waals surface area contributed by atoms with Gasteiger partial charge in [-0.3, -0.25) is 14.4 Å². The van der Waals surface area contributed by atoms with Gasteiger partial charge in [-0.1, -0.05) is 37.1 Å². The van der Waals surface area contributed by atoms with Gasteiger partial charge in [0, 0.05) is 13.1 Å². The Morgan fingerprint density at radius 1 is 1.23 bits per heavy atom. The topological polar surface area (TPSA) is 86.7 Å². The molecule has 1 unspecified atom stereocenters. The van der Waals surface area contributed by atoms with Crippen LogP contribution in [0.2, 0.25) is 0 Å². The molecule has 2 aliphatic rings. The molecule has 2 N–H and O–H groups in total. The highest BCUT2D eigenvalue weighted by molar-refractivity contribution is 5.82. The standard InChI is InChI=1S/C20H24N2O4/c1-14(23)22-11-8-15-6-2-3-7-16(15)17(22)12-18(24)21-20(13-19(25)26)9-4-5-10-20/h2-3,6-8,11,17H,4-5,9-10,12-13H2,1H3,(H,21,24)(H,25,26). The third-order valence-electron chi connectivity index (χ3n) is 5.30. The highest BCUT2D eigenvalue weighted by Gasteiger charge is 2.38. The number of amides is 2. The van der Waals surface area contributed by atoms with E-state index in [9.17, 15) is 19.5 Å². The van der Waals surface area contributed by atoms with Crippen molar-refractivity contribution in [2.24, 2.45) is 0 Å². The first-order valence-corrected chi connectivity index (χ1v) is 8.99. The fourth-order valence-corrected chi connectivity index (χ4v) is 4.12. The summed E-state index contributed by atoms with van der Waals surface area (Å²) in [6, 6.07) is 7.32. The lowest BCUT2D eigenvalue weighted by Crippen LogP contribution is -2.48. The average molecular weight is 356 g/mol. The predicted octanol–water partition coefficient (Wildman–Crippen LogP) is 2.85. The van der Waals surface area contributed by atoms with Crippen molar-refractivity contribution in [1.82, 2.24) is 10.2 Å². The first kappa shape index (κ1) is 18.2. The number of hydrogen-bond donors (Lipinski definition) is 2. The summed E-state index contributed by atoms with van der Waals surface area (Å²) in [6.45, 7) is 1.48. The molecule has 138 valence electrons. The maximum absolute atomic E-state index is 12.8. The SMILES string of the molecule is CC(=O)N1C=Cc2ccccc2C1CC(=O)NC1(CC(=O)O)CCCC1. The van der Waals surface area contributed by atoms with Crippen molar-refractivity contribution >= 4 is 23.9 Å². The summed E-state index contributed by atoms with van der Waals surface area (Å²) in [5.41, 5.74) is 1.26. The molecule has 1 fully saturated rings. The minimum absolute atomic E-state index is 0.0592. The maximum atomic E-state index is 12.8. The van der Waals surface area contributed by atoms with Gasteiger partial charge < -0.3 is 15.3 Å². The lowest BCUT2D eigenvalue weighted by atomic mass is 9.91. The summed E-state index contributed by atoms with van der Waals surface area (Å²) in [5.74, 6) is -1.24. The number of carbonyl (C=O) groups excluding carboxylic acids is 2. The second-order valence-corrected chi connectivity index (χ2v) is 7.20. The van der Waals surface area contributed by atoms with Crippen molar-refractivity contribution in [3.63, 3.8) is 0 Å². The molecule has 3 rings (SSSR count). The molecule has 0 spiro atoms. The van der Waals surface area contributed by atoms with Gasteiger partial charge in [0.05, 0.1) is 24.4 Å². The van der Waals surface area contributed by atoms with Gasteiger partial charge in [-0.05, 0) is 30.0 Å². The van der Waals surface area contributed by atoms with Crippen molar-refractivity contribution in [3.8, 4) is 0 Å². The minimum atomic E-state index is -0.900. The van der Waals surface area contributed by atoms with Gasteiger partial charge in [0.15, 0.2) is 0 Å². The monoisotopic (exact) mass is 356 g/mol. The quantitative estimate of drug-likeness (QED) is 0.849. The summed E-state index contributed by atoms with van der Waals surface area (Å²) < 4.78 is 0. The van der Waals surface area contributed by atoms with Crippen molar-refractivity contribution in [2.75, 3.05) is 0 Å². The summed E-state index contributed by atoms with van der Waals surface area (Å²) in [6.07, 6.45) is 6.84. The van der Waals surface area contributed by atoms with E-state index in [0.29, 0.717) is 12.8 Å². The van der Waals surface area contributed by atoms with Crippen LogP contribution in [0.1, 0.15) is 62.6 Å². The van der Waals surface area contributed by atoms with Gasteiger partial charge in [0.1, 0.15) is 0 Å². The van der Waals surface area contributed by atoms with Crippen LogP contribution in [0.25, 0.3) is 6.08 Å². The molecule has 0 saturated heterocycles. The molecule has 26 heavy (non-hydrogen) atoms. The van der Waals surface area contributed by atoms with Gasteiger partial charge in [-0.2, -0.15) is 0 Å². The van der Waals surface area contributed by atoms with E-state index in [1.165, 1.54) is 6.92 Å². The Hall–Kier alpha value is -2.63. The van der Waals surface area contributed by atoms with E-state index in [0.717, 1.165) is 24.0 Å². The van der Waals surface area contributed by atoms with E-state index in [-0.39, 0.29) is 30.7 Å². The normalized spacial score (nSPS) is 20.5. The Balaban J connectivity index is 1.79. The molecule has 2 amide bonds. The van der Waals surface area contributed by atoms with Crippen LogP contribution in [0.4, 0.5) is 0 Å². The zero-order valence-corrected chi connectivity index (χ0v) is 14.9. The van der Waals surface area contributed by atoms with Crippen LogP contribution in [-0.2, 0) is 14.4 Å². The lowest BCUT2D eigenvalue weighted by Gasteiger charge is -2.34. The van der Waals surface area contributed by atoms with Crippen LogP contribution in [0, 0.1) is 0 Å². The van der Waals surface area contributed by atoms with Crippen molar-refractivity contribution < 1.29 is 19.5 Å². The van der Waals surface area contributed by atoms with Crippen LogP contribution < -0.4 is 5.32 Å².